The summed E-state index contributed by atoms with van der Waals surface area (Å²) >= 11 is 1.70. The molecule has 6 nitrogen and oxygen atoms in total. The van der Waals surface area contributed by atoms with Crippen molar-refractivity contribution in [2.24, 2.45) is 0 Å². The summed E-state index contributed by atoms with van der Waals surface area (Å²) in [5.74, 6) is 0.748. The third-order valence-electron chi connectivity index (χ3n) is 6.05. The highest BCUT2D eigenvalue weighted by Gasteiger charge is 2.21. The molecule has 2 aromatic carbocycles. The van der Waals surface area contributed by atoms with E-state index in [-0.39, 0.29) is 6.23 Å². The fourth-order valence-corrected chi connectivity index (χ4v) is 5.45. The molecule has 1 aliphatic rings. The van der Waals surface area contributed by atoms with Gasteiger partial charge in [-0.1, -0.05) is 42.5 Å². The molecule has 4 heterocycles. The Labute approximate surface area is 195 Å². The lowest BCUT2D eigenvalue weighted by Gasteiger charge is -2.21. The SMILES string of the molecule is c1ccc2cc(Cc3cc(-c4ccnnc4)sc3-c3ncn(C4CCCCO4)n3)ccc2c1. The first-order chi connectivity index (χ1) is 16.3. The van der Waals surface area contributed by atoms with Crippen LogP contribution in [-0.2, 0) is 11.2 Å². The van der Waals surface area contributed by atoms with E-state index in [1.807, 2.05) is 10.7 Å². The molecule has 1 aliphatic heterocycles. The third-order valence-corrected chi connectivity index (χ3v) is 7.27. The van der Waals surface area contributed by atoms with Crippen LogP contribution in [0.2, 0.25) is 0 Å². The van der Waals surface area contributed by atoms with E-state index in [4.69, 9.17) is 9.84 Å². The van der Waals surface area contributed by atoms with Gasteiger partial charge < -0.3 is 4.74 Å². The molecule has 1 fully saturated rings. The smallest absolute Gasteiger partial charge is 0.191 e. The molecule has 1 saturated heterocycles. The van der Waals surface area contributed by atoms with Crippen LogP contribution in [0.3, 0.4) is 0 Å². The summed E-state index contributed by atoms with van der Waals surface area (Å²) in [5, 5.41) is 15.3. The van der Waals surface area contributed by atoms with E-state index in [0.29, 0.717) is 0 Å². The second-order valence-electron chi connectivity index (χ2n) is 8.32. The highest BCUT2D eigenvalue weighted by molar-refractivity contribution is 7.19. The van der Waals surface area contributed by atoms with Crippen LogP contribution in [0.1, 0.15) is 36.6 Å². The van der Waals surface area contributed by atoms with Crippen molar-refractivity contribution in [2.45, 2.75) is 31.9 Å². The Morgan fingerprint density at radius 3 is 2.79 bits per heavy atom. The summed E-state index contributed by atoms with van der Waals surface area (Å²) in [6.07, 6.45) is 9.37. The van der Waals surface area contributed by atoms with E-state index in [9.17, 15) is 0 Å². The number of hydrogen-bond donors (Lipinski definition) is 0. The Kier molecular flexibility index (Phi) is 5.41. The minimum atomic E-state index is -0.0206. The Balaban J connectivity index is 1.39. The van der Waals surface area contributed by atoms with Gasteiger partial charge >= 0.3 is 0 Å². The largest absolute Gasteiger partial charge is 0.356 e. The van der Waals surface area contributed by atoms with Gasteiger partial charge in [0.2, 0.25) is 0 Å². The fourth-order valence-electron chi connectivity index (χ4n) is 4.35. The topological polar surface area (TPSA) is 65.7 Å². The zero-order valence-electron chi connectivity index (χ0n) is 18.1. The maximum Gasteiger partial charge on any atom is 0.191 e. The third kappa shape index (κ3) is 4.17. The van der Waals surface area contributed by atoms with Gasteiger partial charge in [0, 0.05) is 17.0 Å². The maximum absolute atomic E-state index is 5.90. The van der Waals surface area contributed by atoms with E-state index >= 15 is 0 Å². The quantitative estimate of drug-likeness (QED) is 0.331. The van der Waals surface area contributed by atoms with Crippen LogP contribution in [0.15, 0.2) is 73.3 Å². The average Bonchev–Trinajstić information content (AvgIpc) is 3.53. The molecular formula is C26H23N5OS. The van der Waals surface area contributed by atoms with Crippen LogP contribution in [0, 0.1) is 0 Å². The lowest BCUT2D eigenvalue weighted by atomic mass is 10.0. The second-order valence-corrected chi connectivity index (χ2v) is 9.38. The van der Waals surface area contributed by atoms with Gasteiger partial charge in [-0.05, 0) is 59.7 Å². The van der Waals surface area contributed by atoms with Crippen molar-refractivity contribution >= 4 is 22.1 Å². The standard InChI is InChI=1S/C26H23N5OS/c1-2-6-20-13-18(8-9-19(20)5-1)14-22-15-23(21-10-11-28-29-16-21)33-25(22)26-27-17-31(30-26)24-7-3-4-12-32-24/h1-2,5-6,8-11,13,15-17,24H,3-4,7,12,14H2. The van der Waals surface area contributed by atoms with Crippen LogP contribution in [-0.4, -0.2) is 31.6 Å². The highest BCUT2D eigenvalue weighted by Crippen LogP contribution is 2.38. The van der Waals surface area contributed by atoms with Gasteiger partial charge in [0.1, 0.15) is 6.33 Å². The van der Waals surface area contributed by atoms with Crippen molar-refractivity contribution in [1.29, 1.82) is 0 Å². The Hall–Kier alpha value is -3.42. The number of thiophene rings is 1. The minimum absolute atomic E-state index is 0.0206. The predicted molar refractivity (Wildman–Crippen MR) is 130 cm³/mol. The van der Waals surface area contributed by atoms with Crippen molar-refractivity contribution in [3.8, 4) is 21.1 Å². The van der Waals surface area contributed by atoms with E-state index < -0.39 is 0 Å². The van der Waals surface area contributed by atoms with Crippen molar-refractivity contribution in [3.63, 3.8) is 0 Å². The fraction of sp³-hybridized carbons (Fsp3) is 0.231. The van der Waals surface area contributed by atoms with Gasteiger partial charge in [0.15, 0.2) is 12.1 Å². The van der Waals surface area contributed by atoms with Crippen molar-refractivity contribution in [1.82, 2.24) is 25.0 Å². The average molecular weight is 454 g/mol. The Bertz CT molecular complexity index is 1390. The summed E-state index contributed by atoms with van der Waals surface area (Å²) in [4.78, 5) is 6.90. The van der Waals surface area contributed by atoms with E-state index in [1.54, 1.807) is 30.1 Å². The number of fused-ring (bicyclic) bond motifs is 1. The molecule has 3 aromatic heterocycles. The van der Waals surface area contributed by atoms with Gasteiger partial charge in [-0.3, -0.25) is 0 Å². The number of aromatic nitrogens is 5. The van der Waals surface area contributed by atoms with E-state index in [2.05, 4.69) is 63.7 Å². The summed E-state index contributed by atoms with van der Waals surface area (Å²) in [5.41, 5.74) is 3.53. The van der Waals surface area contributed by atoms with Crippen molar-refractivity contribution in [2.75, 3.05) is 6.61 Å². The van der Waals surface area contributed by atoms with Crippen LogP contribution >= 0.6 is 11.3 Å². The second kappa shape index (κ2) is 8.84. The Morgan fingerprint density at radius 1 is 1.00 bits per heavy atom. The van der Waals surface area contributed by atoms with Crippen LogP contribution in [0.5, 0.6) is 0 Å². The van der Waals surface area contributed by atoms with E-state index in [0.717, 1.165) is 53.4 Å². The number of ether oxygens (including phenoxy) is 1. The van der Waals surface area contributed by atoms with Crippen molar-refractivity contribution < 1.29 is 4.74 Å². The molecule has 6 rings (SSSR count). The van der Waals surface area contributed by atoms with Crippen LogP contribution in [0.25, 0.3) is 31.9 Å². The number of rotatable bonds is 5. The number of benzene rings is 2. The van der Waals surface area contributed by atoms with Gasteiger partial charge in [-0.15, -0.1) is 16.4 Å². The molecular weight excluding hydrogens is 430 g/mol. The number of hydrogen-bond acceptors (Lipinski definition) is 6. The van der Waals surface area contributed by atoms with Gasteiger partial charge in [-0.25, -0.2) is 9.67 Å². The first-order valence-corrected chi connectivity index (χ1v) is 12.1. The van der Waals surface area contributed by atoms with E-state index in [1.165, 1.54) is 21.9 Å². The highest BCUT2D eigenvalue weighted by atomic mass is 32.1. The summed E-state index contributed by atoms with van der Waals surface area (Å²) in [6, 6.07) is 19.4. The first-order valence-electron chi connectivity index (χ1n) is 11.2. The molecule has 1 atom stereocenters. The molecule has 164 valence electrons. The molecule has 0 radical (unpaired) electrons. The zero-order valence-corrected chi connectivity index (χ0v) is 18.9. The zero-order chi connectivity index (χ0) is 22.0. The lowest BCUT2D eigenvalue weighted by Crippen LogP contribution is -2.18. The van der Waals surface area contributed by atoms with Gasteiger partial charge in [0.05, 0.1) is 17.3 Å². The molecule has 0 bridgehead atoms. The summed E-state index contributed by atoms with van der Waals surface area (Å²) in [7, 11) is 0. The molecule has 0 saturated carbocycles. The first kappa shape index (κ1) is 20.2. The van der Waals surface area contributed by atoms with Gasteiger partial charge in [0.25, 0.3) is 0 Å². The molecule has 5 aromatic rings. The molecule has 0 spiro atoms. The molecule has 0 aliphatic carbocycles. The normalized spacial score (nSPS) is 16.3. The molecule has 1 unspecified atom stereocenters. The van der Waals surface area contributed by atoms with Crippen LogP contribution < -0.4 is 0 Å². The molecule has 0 N–H and O–H groups in total. The number of nitrogens with zero attached hydrogens (tertiary/aromatic N) is 5. The minimum Gasteiger partial charge on any atom is -0.356 e. The maximum atomic E-state index is 5.90. The molecule has 0 amide bonds. The summed E-state index contributed by atoms with van der Waals surface area (Å²) in [6.45, 7) is 0.783. The predicted octanol–water partition coefficient (Wildman–Crippen LogP) is 5.91. The van der Waals surface area contributed by atoms with Gasteiger partial charge in [-0.2, -0.15) is 10.2 Å². The summed E-state index contributed by atoms with van der Waals surface area (Å²) < 4.78 is 7.78. The molecule has 7 heteroatoms. The van der Waals surface area contributed by atoms with Crippen LogP contribution in [0.4, 0.5) is 0 Å². The monoisotopic (exact) mass is 453 g/mol. The molecule has 33 heavy (non-hydrogen) atoms. The van der Waals surface area contributed by atoms with Crippen molar-refractivity contribution in [3.05, 3.63) is 84.4 Å². The Morgan fingerprint density at radius 2 is 1.94 bits per heavy atom. The lowest BCUT2D eigenvalue weighted by molar-refractivity contribution is -0.0395.